The summed E-state index contributed by atoms with van der Waals surface area (Å²) in [6, 6.07) is 4.54. The maximum absolute atomic E-state index is 13.0. The van der Waals surface area contributed by atoms with Crippen LogP contribution in [0.25, 0.3) is 0 Å². The van der Waals surface area contributed by atoms with Crippen molar-refractivity contribution in [2.24, 2.45) is 0 Å². The average molecular weight is 472 g/mol. The van der Waals surface area contributed by atoms with Gasteiger partial charge in [0.25, 0.3) is 0 Å². The molecule has 0 spiro atoms. The highest BCUT2D eigenvalue weighted by molar-refractivity contribution is 7.99. The summed E-state index contributed by atoms with van der Waals surface area (Å²) in [5.41, 5.74) is 0.0234. The fourth-order valence-corrected chi connectivity index (χ4v) is 5.31. The van der Waals surface area contributed by atoms with Gasteiger partial charge in [-0.2, -0.15) is 4.31 Å². The summed E-state index contributed by atoms with van der Waals surface area (Å²) in [6.45, 7) is 8.69. The van der Waals surface area contributed by atoms with Crippen LogP contribution in [-0.4, -0.2) is 58.8 Å². The molecule has 2 aromatic rings. The summed E-state index contributed by atoms with van der Waals surface area (Å²) in [7, 11) is -3.78. The standard InChI is InChI=1S/C19H29N5O5S2/c1-5-11-24-18(26)21-22-19(24)30-13-17(25)20-14-9-10-15(29-8-4)16(12-14)31(27,28)23(6-2)7-3/h9-10,12H,5-8,11,13H2,1-4H3,(H,20,25)(H,21,26). The van der Waals surface area contributed by atoms with Gasteiger partial charge in [0.05, 0.1) is 12.4 Å². The van der Waals surface area contributed by atoms with Gasteiger partial charge in [0.1, 0.15) is 10.6 Å². The molecule has 0 bridgehead atoms. The zero-order chi connectivity index (χ0) is 23.0. The van der Waals surface area contributed by atoms with Crippen molar-refractivity contribution in [1.29, 1.82) is 0 Å². The van der Waals surface area contributed by atoms with Crippen LogP contribution < -0.4 is 15.7 Å². The van der Waals surface area contributed by atoms with E-state index in [9.17, 15) is 18.0 Å². The van der Waals surface area contributed by atoms with E-state index in [4.69, 9.17) is 4.74 Å². The predicted molar refractivity (Wildman–Crippen MR) is 120 cm³/mol. The Morgan fingerprint density at radius 2 is 1.97 bits per heavy atom. The normalized spacial score (nSPS) is 11.6. The van der Waals surface area contributed by atoms with Crippen molar-refractivity contribution in [3.8, 4) is 5.75 Å². The monoisotopic (exact) mass is 471 g/mol. The first-order valence-corrected chi connectivity index (χ1v) is 12.6. The van der Waals surface area contributed by atoms with Gasteiger partial charge in [0.15, 0.2) is 5.16 Å². The highest BCUT2D eigenvalue weighted by Gasteiger charge is 2.26. The fraction of sp³-hybridized carbons (Fsp3) is 0.526. The Morgan fingerprint density at radius 3 is 2.58 bits per heavy atom. The maximum Gasteiger partial charge on any atom is 0.343 e. The summed E-state index contributed by atoms with van der Waals surface area (Å²) in [6.07, 6.45) is 0.759. The van der Waals surface area contributed by atoms with E-state index in [1.54, 1.807) is 26.8 Å². The number of hydrogen-bond acceptors (Lipinski definition) is 7. The van der Waals surface area contributed by atoms with Crippen LogP contribution in [0.1, 0.15) is 34.1 Å². The number of rotatable bonds is 12. The molecule has 0 saturated carbocycles. The van der Waals surface area contributed by atoms with Crippen molar-refractivity contribution in [2.75, 3.05) is 30.8 Å². The smallest absolute Gasteiger partial charge is 0.343 e. The van der Waals surface area contributed by atoms with E-state index in [-0.39, 0.29) is 28.0 Å². The Hall–Kier alpha value is -2.31. The number of thioether (sulfide) groups is 1. The number of hydrogen-bond donors (Lipinski definition) is 2. The molecular weight excluding hydrogens is 442 g/mol. The molecule has 0 aliphatic carbocycles. The lowest BCUT2D eigenvalue weighted by Gasteiger charge is -2.21. The topological polar surface area (TPSA) is 126 Å². The lowest BCUT2D eigenvalue weighted by Crippen LogP contribution is -2.31. The molecule has 2 N–H and O–H groups in total. The van der Waals surface area contributed by atoms with E-state index in [0.717, 1.165) is 18.2 Å². The number of sulfonamides is 1. The highest BCUT2D eigenvalue weighted by atomic mass is 32.2. The lowest BCUT2D eigenvalue weighted by molar-refractivity contribution is -0.113. The summed E-state index contributed by atoms with van der Waals surface area (Å²) in [4.78, 5) is 24.2. The molecule has 1 amide bonds. The molecule has 1 aromatic heterocycles. The zero-order valence-electron chi connectivity index (χ0n) is 18.2. The second-order valence-electron chi connectivity index (χ2n) is 6.48. The molecule has 0 radical (unpaired) electrons. The van der Waals surface area contributed by atoms with Crippen LogP contribution in [0.2, 0.25) is 0 Å². The van der Waals surface area contributed by atoms with Gasteiger partial charge in [-0.15, -0.1) is 5.10 Å². The number of amides is 1. The molecule has 0 unspecified atom stereocenters. The van der Waals surface area contributed by atoms with Crippen LogP contribution >= 0.6 is 11.8 Å². The Balaban J connectivity index is 2.20. The number of nitrogens with zero attached hydrogens (tertiary/aromatic N) is 3. The van der Waals surface area contributed by atoms with Gasteiger partial charge in [-0.05, 0) is 31.5 Å². The van der Waals surface area contributed by atoms with Crippen molar-refractivity contribution in [2.45, 2.75) is 50.7 Å². The summed E-state index contributed by atoms with van der Waals surface area (Å²) >= 11 is 1.13. The van der Waals surface area contributed by atoms with Gasteiger partial charge >= 0.3 is 5.69 Å². The Morgan fingerprint density at radius 1 is 1.26 bits per heavy atom. The summed E-state index contributed by atoms with van der Waals surface area (Å²) in [5.74, 6) is -0.0972. The number of benzene rings is 1. The van der Waals surface area contributed by atoms with E-state index >= 15 is 0 Å². The molecule has 2 rings (SSSR count). The molecule has 1 aromatic carbocycles. The van der Waals surface area contributed by atoms with Gasteiger partial charge in [-0.3, -0.25) is 9.36 Å². The number of anilines is 1. The Labute approximate surface area is 186 Å². The van der Waals surface area contributed by atoms with E-state index in [0.29, 0.717) is 37.1 Å². The number of carbonyl (C=O) groups excluding carboxylic acids is 1. The van der Waals surface area contributed by atoms with Crippen LogP contribution in [0.15, 0.2) is 33.0 Å². The minimum absolute atomic E-state index is 0.00703. The van der Waals surface area contributed by atoms with Crippen molar-refractivity contribution in [3.05, 3.63) is 28.7 Å². The zero-order valence-corrected chi connectivity index (χ0v) is 19.8. The predicted octanol–water partition coefficient (Wildman–Crippen LogP) is 2.14. The number of H-pyrrole nitrogens is 1. The quantitative estimate of drug-likeness (QED) is 0.454. The van der Waals surface area contributed by atoms with Gasteiger partial charge in [0, 0.05) is 25.3 Å². The first kappa shape index (κ1) is 25.0. The van der Waals surface area contributed by atoms with Crippen molar-refractivity contribution >= 4 is 33.4 Å². The summed E-state index contributed by atoms with van der Waals surface area (Å²) < 4.78 is 34.4. The molecule has 172 valence electrons. The number of nitrogens with one attached hydrogen (secondary N) is 2. The fourth-order valence-electron chi connectivity index (χ4n) is 2.93. The average Bonchev–Trinajstić information content (AvgIpc) is 3.08. The van der Waals surface area contributed by atoms with Crippen LogP contribution in [-0.2, 0) is 21.4 Å². The van der Waals surface area contributed by atoms with Crippen LogP contribution in [0.3, 0.4) is 0 Å². The van der Waals surface area contributed by atoms with Crippen LogP contribution in [0.4, 0.5) is 5.69 Å². The highest BCUT2D eigenvalue weighted by Crippen LogP contribution is 2.30. The number of aromatic nitrogens is 3. The molecule has 0 aliphatic rings. The van der Waals surface area contributed by atoms with Crippen LogP contribution in [0.5, 0.6) is 5.75 Å². The van der Waals surface area contributed by atoms with E-state index in [1.807, 2.05) is 6.92 Å². The Bertz CT molecular complexity index is 1040. The second kappa shape index (κ2) is 11.3. The molecule has 0 fully saturated rings. The molecule has 10 nitrogen and oxygen atoms in total. The molecule has 0 saturated heterocycles. The van der Waals surface area contributed by atoms with E-state index < -0.39 is 10.0 Å². The minimum Gasteiger partial charge on any atom is -0.492 e. The maximum atomic E-state index is 13.0. The third-order valence-electron chi connectivity index (χ3n) is 4.35. The molecular formula is C19H29N5O5S2. The molecule has 0 atom stereocenters. The summed E-state index contributed by atoms with van der Waals surface area (Å²) in [5, 5.41) is 9.45. The number of aromatic amines is 1. The van der Waals surface area contributed by atoms with Crippen molar-refractivity contribution < 1.29 is 17.9 Å². The molecule has 31 heavy (non-hydrogen) atoms. The van der Waals surface area contributed by atoms with Gasteiger partial charge in [-0.25, -0.2) is 18.3 Å². The van der Waals surface area contributed by atoms with Crippen molar-refractivity contribution in [1.82, 2.24) is 19.1 Å². The Kier molecular flexibility index (Phi) is 9.14. The van der Waals surface area contributed by atoms with E-state index in [2.05, 4.69) is 15.5 Å². The largest absolute Gasteiger partial charge is 0.492 e. The minimum atomic E-state index is -3.78. The van der Waals surface area contributed by atoms with Gasteiger partial charge in [-0.1, -0.05) is 32.5 Å². The molecule has 12 heteroatoms. The third kappa shape index (κ3) is 6.11. The molecule has 0 aliphatic heterocycles. The third-order valence-corrected chi connectivity index (χ3v) is 7.40. The number of carbonyl (C=O) groups is 1. The number of ether oxygens (including phenoxy) is 1. The van der Waals surface area contributed by atoms with Gasteiger partial charge < -0.3 is 10.1 Å². The first-order valence-electron chi connectivity index (χ1n) is 10.1. The second-order valence-corrected chi connectivity index (χ2v) is 9.33. The van der Waals surface area contributed by atoms with Gasteiger partial charge in [0.2, 0.25) is 15.9 Å². The van der Waals surface area contributed by atoms with Crippen LogP contribution in [0, 0.1) is 0 Å². The molecule has 1 heterocycles. The van der Waals surface area contributed by atoms with E-state index in [1.165, 1.54) is 21.0 Å². The van der Waals surface area contributed by atoms with Crippen molar-refractivity contribution in [3.63, 3.8) is 0 Å². The lowest BCUT2D eigenvalue weighted by atomic mass is 10.3. The first-order chi connectivity index (χ1) is 14.8. The SMILES string of the molecule is CCCn1c(SCC(=O)Nc2ccc(OCC)c(S(=O)(=O)N(CC)CC)c2)n[nH]c1=O.